The molecular weight excluding hydrogens is 378 g/mol. The van der Waals surface area contributed by atoms with Crippen molar-refractivity contribution < 1.29 is 4.92 Å². The van der Waals surface area contributed by atoms with E-state index in [0.29, 0.717) is 23.5 Å². The maximum Gasteiger partial charge on any atom is 0.270 e. The first-order valence-electron chi connectivity index (χ1n) is 9.27. The summed E-state index contributed by atoms with van der Waals surface area (Å²) >= 11 is 0. The van der Waals surface area contributed by atoms with E-state index in [1.165, 1.54) is 31.4 Å². The Morgan fingerprint density at radius 2 is 1.93 bits per heavy atom. The van der Waals surface area contributed by atoms with Crippen LogP contribution in [0.5, 0.6) is 0 Å². The highest BCUT2D eigenvalue weighted by Gasteiger charge is 2.31. The molecular formula is C20H20ClN5O2. The second-order valence-electron chi connectivity index (χ2n) is 7.21. The summed E-state index contributed by atoms with van der Waals surface area (Å²) < 4.78 is 0. The van der Waals surface area contributed by atoms with Gasteiger partial charge in [-0.05, 0) is 31.0 Å². The van der Waals surface area contributed by atoms with Crippen molar-refractivity contribution in [1.29, 1.82) is 0 Å². The lowest BCUT2D eigenvalue weighted by Gasteiger charge is -2.23. The average Bonchev–Trinajstić information content (AvgIpc) is 3.31. The minimum atomic E-state index is -0.395. The molecule has 2 atom stereocenters. The molecule has 144 valence electrons. The number of rotatable bonds is 3. The Morgan fingerprint density at radius 3 is 2.75 bits per heavy atom. The van der Waals surface area contributed by atoms with Crippen LogP contribution in [0.2, 0.25) is 0 Å². The monoisotopic (exact) mass is 397 g/mol. The minimum absolute atomic E-state index is 0. The Balaban J connectivity index is 0.00000192. The van der Waals surface area contributed by atoms with Gasteiger partial charge in [-0.2, -0.15) is 0 Å². The minimum Gasteiger partial charge on any atom is -0.365 e. The van der Waals surface area contributed by atoms with Crippen LogP contribution in [0.3, 0.4) is 0 Å². The number of aromatic amines is 1. The number of imidazole rings is 1. The molecule has 0 amide bonds. The molecule has 8 heteroatoms. The van der Waals surface area contributed by atoms with Crippen LogP contribution >= 0.6 is 12.4 Å². The number of nitro groups is 1. The highest BCUT2D eigenvalue weighted by molar-refractivity contribution is 6.02. The zero-order valence-electron chi connectivity index (χ0n) is 15.1. The number of non-ortho nitro benzene ring substituents is 1. The third-order valence-electron chi connectivity index (χ3n) is 5.43. The van der Waals surface area contributed by atoms with Gasteiger partial charge in [-0.25, -0.2) is 4.98 Å². The lowest BCUT2D eigenvalue weighted by atomic mass is 9.92. The summed E-state index contributed by atoms with van der Waals surface area (Å²) in [4.78, 5) is 23.4. The summed E-state index contributed by atoms with van der Waals surface area (Å²) in [6.07, 6.45) is 4.86. The van der Waals surface area contributed by atoms with Gasteiger partial charge in [0.05, 0.1) is 22.0 Å². The summed E-state index contributed by atoms with van der Waals surface area (Å²) in [5, 5.41) is 14.6. The molecule has 0 saturated heterocycles. The molecule has 2 aliphatic rings. The number of nitrogens with zero attached hydrogens (tertiary/aromatic N) is 3. The standard InChI is InChI=1S/C20H19N5O2.ClH/c26-25(27)14-5-3-4-12(10-14)19-23-17-9-8-13(11-18(17)24-19)20-21-15-6-1-2-7-16(15)22-20;/h3-5,8-11,15-16H,1-2,6-7H2,(H,21,22)(H,23,24);1H/t15-,16+;. The molecule has 28 heavy (non-hydrogen) atoms. The molecule has 0 spiro atoms. The van der Waals surface area contributed by atoms with Crippen molar-refractivity contribution in [2.24, 2.45) is 4.99 Å². The Hall–Kier alpha value is -2.93. The van der Waals surface area contributed by atoms with Crippen molar-refractivity contribution in [3.8, 4) is 11.4 Å². The zero-order valence-corrected chi connectivity index (χ0v) is 15.9. The van der Waals surface area contributed by atoms with Gasteiger partial charge in [-0.1, -0.05) is 25.0 Å². The highest BCUT2D eigenvalue weighted by atomic mass is 35.5. The van der Waals surface area contributed by atoms with Crippen LogP contribution in [0.15, 0.2) is 47.5 Å². The van der Waals surface area contributed by atoms with Gasteiger partial charge in [0.2, 0.25) is 0 Å². The van der Waals surface area contributed by atoms with Crippen LogP contribution in [-0.2, 0) is 0 Å². The van der Waals surface area contributed by atoms with Crippen LogP contribution < -0.4 is 5.32 Å². The molecule has 2 N–H and O–H groups in total. The summed E-state index contributed by atoms with van der Waals surface area (Å²) in [6, 6.07) is 13.4. The van der Waals surface area contributed by atoms with Crippen molar-refractivity contribution in [1.82, 2.24) is 15.3 Å². The normalized spacial score (nSPS) is 20.8. The molecule has 1 fully saturated rings. The summed E-state index contributed by atoms with van der Waals surface area (Å²) in [5.41, 5.74) is 3.53. The Morgan fingerprint density at radius 1 is 1.07 bits per heavy atom. The maximum atomic E-state index is 11.0. The lowest BCUT2D eigenvalue weighted by Crippen LogP contribution is -2.36. The van der Waals surface area contributed by atoms with E-state index < -0.39 is 4.92 Å². The van der Waals surface area contributed by atoms with Crippen molar-refractivity contribution in [3.05, 3.63) is 58.1 Å². The highest BCUT2D eigenvalue weighted by Crippen LogP contribution is 2.28. The molecule has 1 saturated carbocycles. The summed E-state index contributed by atoms with van der Waals surface area (Å²) in [7, 11) is 0. The first kappa shape index (κ1) is 18.4. The van der Waals surface area contributed by atoms with Gasteiger partial charge in [-0.3, -0.25) is 15.1 Å². The Labute approximate surface area is 167 Å². The largest absolute Gasteiger partial charge is 0.365 e. The fraction of sp³-hybridized carbons (Fsp3) is 0.300. The third kappa shape index (κ3) is 3.22. The molecule has 1 aromatic heterocycles. The molecule has 0 bridgehead atoms. The summed E-state index contributed by atoms with van der Waals surface area (Å²) in [5.74, 6) is 1.58. The van der Waals surface area contributed by atoms with Crippen molar-refractivity contribution in [3.63, 3.8) is 0 Å². The number of hydrogen-bond acceptors (Lipinski definition) is 5. The fourth-order valence-corrected chi connectivity index (χ4v) is 4.03. The van der Waals surface area contributed by atoms with Crippen molar-refractivity contribution >= 4 is 35.0 Å². The lowest BCUT2D eigenvalue weighted by molar-refractivity contribution is -0.384. The number of aromatic nitrogens is 2. The molecule has 1 aliphatic heterocycles. The summed E-state index contributed by atoms with van der Waals surface area (Å²) in [6.45, 7) is 0. The first-order chi connectivity index (χ1) is 13.2. The predicted molar refractivity (Wildman–Crippen MR) is 111 cm³/mol. The van der Waals surface area contributed by atoms with Crippen LogP contribution in [0.4, 0.5) is 5.69 Å². The molecule has 2 heterocycles. The van der Waals surface area contributed by atoms with Crippen molar-refractivity contribution in [2.75, 3.05) is 0 Å². The van der Waals surface area contributed by atoms with Gasteiger partial charge >= 0.3 is 0 Å². The van der Waals surface area contributed by atoms with Gasteiger partial charge < -0.3 is 10.3 Å². The number of aliphatic imine (C=N–C) groups is 1. The van der Waals surface area contributed by atoms with Crippen LogP contribution in [0.1, 0.15) is 31.2 Å². The SMILES string of the molecule is Cl.O=[N+]([O-])c1cccc(-c2nc3ccc(C4=N[C@@H]5CCCC[C@@H]5N4)cc3[nH]2)c1. The number of nitro benzene ring substituents is 1. The first-order valence-corrected chi connectivity index (χ1v) is 9.27. The maximum absolute atomic E-state index is 11.0. The third-order valence-corrected chi connectivity index (χ3v) is 5.43. The topological polar surface area (TPSA) is 96.2 Å². The number of nitrogens with one attached hydrogen (secondary N) is 2. The van der Waals surface area contributed by atoms with E-state index in [1.54, 1.807) is 6.07 Å². The van der Waals surface area contributed by atoms with E-state index >= 15 is 0 Å². The molecule has 3 aromatic rings. The molecule has 5 rings (SSSR count). The van der Waals surface area contributed by atoms with Gasteiger partial charge in [-0.15, -0.1) is 12.4 Å². The predicted octanol–water partition coefficient (Wildman–Crippen LogP) is 4.22. The van der Waals surface area contributed by atoms with Crippen LogP contribution in [0.25, 0.3) is 22.4 Å². The molecule has 0 unspecified atom stereocenters. The molecule has 2 aromatic carbocycles. The zero-order chi connectivity index (χ0) is 18.4. The Kier molecular flexibility index (Phi) is 4.77. The average molecular weight is 398 g/mol. The van der Waals surface area contributed by atoms with Crippen LogP contribution in [-0.4, -0.2) is 32.8 Å². The van der Waals surface area contributed by atoms with Crippen molar-refractivity contribution in [2.45, 2.75) is 37.8 Å². The van der Waals surface area contributed by atoms with E-state index in [4.69, 9.17) is 4.99 Å². The second-order valence-corrected chi connectivity index (χ2v) is 7.21. The fourth-order valence-electron chi connectivity index (χ4n) is 4.03. The van der Waals surface area contributed by atoms with E-state index in [9.17, 15) is 10.1 Å². The number of hydrogen-bond donors (Lipinski definition) is 2. The van der Waals surface area contributed by atoms with Gasteiger partial charge in [0.1, 0.15) is 11.7 Å². The van der Waals surface area contributed by atoms with E-state index in [0.717, 1.165) is 28.9 Å². The molecule has 1 aliphatic carbocycles. The van der Waals surface area contributed by atoms with Gasteiger partial charge in [0.25, 0.3) is 5.69 Å². The smallest absolute Gasteiger partial charge is 0.270 e. The molecule has 0 radical (unpaired) electrons. The number of H-pyrrole nitrogens is 1. The van der Waals surface area contributed by atoms with E-state index in [2.05, 4.69) is 15.3 Å². The van der Waals surface area contributed by atoms with Gasteiger partial charge in [0, 0.05) is 29.3 Å². The quantitative estimate of drug-likeness (QED) is 0.510. The van der Waals surface area contributed by atoms with Gasteiger partial charge in [0.15, 0.2) is 0 Å². The number of benzene rings is 2. The number of halogens is 1. The van der Waals surface area contributed by atoms with Crippen LogP contribution in [0, 0.1) is 10.1 Å². The number of fused-ring (bicyclic) bond motifs is 2. The second kappa shape index (κ2) is 7.24. The Bertz CT molecular complexity index is 1080. The molecule has 7 nitrogen and oxygen atoms in total. The van der Waals surface area contributed by atoms with E-state index in [1.807, 2.05) is 24.3 Å². The number of amidine groups is 1. The van der Waals surface area contributed by atoms with E-state index in [-0.39, 0.29) is 18.1 Å².